The molecule has 0 aliphatic rings. The summed E-state index contributed by atoms with van der Waals surface area (Å²) in [7, 11) is 1.87. The SMILES string of the molecule is CNCc1cc2ccc(C(=O)O)cc2[nH]1. The lowest BCUT2D eigenvalue weighted by molar-refractivity contribution is 0.0697. The number of carboxylic acid groups (broad SMARTS) is 1. The standard InChI is InChI=1S/C11H12N2O2/c1-12-6-9-4-7-2-3-8(11(14)15)5-10(7)13-9/h2-5,12-13H,6H2,1H3,(H,14,15). The summed E-state index contributed by atoms with van der Waals surface area (Å²) in [5, 5.41) is 12.9. The molecule has 1 aromatic carbocycles. The number of benzene rings is 1. The van der Waals surface area contributed by atoms with Gasteiger partial charge in [-0.15, -0.1) is 0 Å². The van der Waals surface area contributed by atoms with Gasteiger partial charge in [-0.25, -0.2) is 4.79 Å². The molecule has 0 spiro atoms. The molecule has 2 aromatic rings. The molecule has 3 N–H and O–H groups in total. The Labute approximate surface area is 86.9 Å². The monoisotopic (exact) mass is 204 g/mol. The van der Waals surface area contributed by atoms with E-state index < -0.39 is 5.97 Å². The topological polar surface area (TPSA) is 65.1 Å². The van der Waals surface area contributed by atoms with Gasteiger partial charge in [-0.05, 0) is 30.6 Å². The Balaban J connectivity index is 2.47. The number of fused-ring (bicyclic) bond motifs is 1. The third-order valence-corrected chi connectivity index (χ3v) is 2.29. The minimum absolute atomic E-state index is 0.306. The van der Waals surface area contributed by atoms with Gasteiger partial charge in [-0.2, -0.15) is 0 Å². The van der Waals surface area contributed by atoms with Crippen LogP contribution in [-0.2, 0) is 6.54 Å². The number of carboxylic acids is 1. The summed E-state index contributed by atoms with van der Waals surface area (Å²) in [4.78, 5) is 13.9. The molecule has 78 valence electrons. The minimum Gasteiger partial charge on any atom is -0.478 e. The lowest BCUT2D eigenvalue weighted by atomic mass is 10.2. The number of nitrogens with one attached hydrogen (secondary N) is 2. The first kappa shape index (κ1) is 9.73. The van der Waals surface area contributed by atoms with Crippen LogP contribution >= 0.6 is 0 Å². The first-order valence-electron chi connectivity index (χ1n) is 4.70. The van der Waals surface area contributed by atoms with Crippen LogP contribution in [0.1, 0.15) is 16.1 Å². The fourth-order valence-corrected chi connectivity index (χ4v) is 1.61. The van der Waals surface area contributed by atoms with Crippen molar-refractivity contribution < 1.29 is 9.90 Å². The Morgan fingerprint density at radius 1 is 1.47 bits per heavy atom. The molecule has 1 heterocycles. The first-order valence-corrected chi connectivity index (χ1v) is 4.70. The molecule has 0 radical (unpaired) electrons. The average molecular weight is 204 g/mol. The van der Waals surface area contributed by atoms with Gasteiger partial charge >= 0.3 is 5.97 Å². The van der Waals surface area contributed by atoms with Crippen LogP contribution in [0.15, 0.2) is 24.3 Å². The lowest BCUT2D eigenvalue weighted by Crippen LogP contribution is -2.04. The first-order chi connectivity index (χ1) is 7.20. The Morgan fingerprint density at radius 2 is 2.27 bits per heavy atom. The van der Waals surface area contributed by atoms with E-state index in [-0.39, 0.29) is 0 Å². The van der Waals surface area contributed by atoms with Crippen molar-refractivity contribution in [3.63, 3.8) is 0 Å². The molecule has 0 aliphatic heterocycles. The van der Waals surface area contributed by atoms with Crippen LogP contribution in [0.3, 0.4) is 0 Å². The number of aromatic nitrogens is 1. The highest BCUT2D eigenvalue weighted by atomic mass is 16.4. The zero-order chi connectivity index (χ0) is 10.8. The quantitative estimate of drug-likeness (QED) is 0.711. The highest BCUT2D eigenvalue weighted by Crippen LogP contribution is 2.17. The van der Waals surface area contributed by atoms with Crippen LogP contribution in [0.25, 0.3) is 10.9 Å². The van der Waals surface area contributed by atoms with Gasteiger partial charge in [0.25, 0.3) is 0 Å². The van der Waals surface area contributed by atoms with Crippen LogP contribution in [0.2, 0.25) is 0 Å². The molecule has 4 nitrogen and oxygen atoms in total. The summed E-state index contributed by atoms with van der Waals surface area (Å²) in [6.07, 6.45) is 0. The van der Waals surface area contributed by atoms with Crippen molar-refractivity contribution in [2.24, 2.45) is 0 Å². The Morgan fingerprint density at radius 3 is 2.93 bits per heavy atom. The molecule has 0 unspecified atom stereocenters. The predicted molar refractivity (Wildman–Crippen MR) is 58.0 cm³/mol. The third-order valence-electron chi connectivity index (χ3n) is 2.29. The van der Waals surface area contributed by atoms with Crippen LogP contribution in [-0.4, -0.2) is 23.1 Å². The van der Waals surface area contributed by atoms with E-state index in [0.29, 0.717) is 5.56 Å². The molecule has 0 bridgehead atoms. The molecule has 0 saturated carbocycles. The summed E-state index contributed by atoms with van der Waals surface area (Å²) in [6.45, 7) is 0.747. The van der Waals surface area contributed by atoms with E-state index >= 15 is 0 Å². The molecule has 0 aliphatic carbocycles. The van der Waals surface area contributed by atoms with Crippen molar-refractivity contribution in [3.05, 3.63) is 35.5 Å². The fourth-order valence-electron chi connectivity index (χ4n) is 1.61. The zero-order valence-electron chi connectivity index (χ0n) is 8.37. The second-order valence-electron chi connectivity index (χ2n) is 3.43. The van der Waals surface area contributed by atoms with Gasteiger partial charge < -0.3 is 15.4 Å². The molecule has 4 heteroatoms. The van der Waals surface area contributed by atoms with Gasteiger partial charge in [0.1, 0.15) is 0 Å². The third kappa shape index (κ3) is 1.85. The van der Waals surface area contributed by atoms with Gasteiger partial charge in [0, 0.05) is 17.8 Å². The number of carbonyl (C=O) groups is 1. The van der Waals surface area contributed by atoms with Crippen molar-refractivity contribution in [1.82, 2.24) is 10.3 Å². The van der Waals surface area contributed by atoms with E-state index in [2.05, 4.69) is 10.3 Å². The van der Waals surface area contributed by atoms with Gasteiger partial charge in [0.2, 0.25) is 0 Å². The maximum atomic E-state index is 10.8. The number of aromatic carboxylic acids is 1. The summed E-state index contributed by atoms with van der Waals surface area (Å²) >= 11 is 0. The summed E-state index contributed by atoms with van der Waals surface area (Å²) in [5.74, 6) is -0.901. The Hall–Kier alpha value is -1.81. The largest absolute Gasteiger partial charge is 0.478 e. The average Bonchev–Trinajstić information content (AvgIpc) is 2.59. The van der Waals surface area contributed by atoms with E-state index in [0.717, 1.165) is 23.1 Å². The van der Waals surface area contributed by atoms with Crippen molar-refractivity contribution in [2.75, 3.05) is 7.05 Å². The normalized spacial score (nSPS) is 10.7. The molecule has 0 amide bonds. The van der Waals surface area contributed by atoms with E-state index in [9.17, 15) is 4.79 Å². The maximum absolute atomic E-state index is 10.8. The second kappa shape index (κ2) is 3.74. The van der Waals surface area contributed by atoms with Gasteiger partial charge in [0.15, 0.2) is 0 Å². The molecular formula is C11H12N2O2. The van der Waals surface area contributed by atoms with Crippen LogP contribution in [0, 0.1) is 0 Å². The number of hydrogen-bond acceptors (Lipinski definition) is 2. The number of H-pyrrole nitrogens is 1. The van der Waals surface area contributed by atoms with E-state index in [1.54, 1.807) is 12.1 Å². The fraction of sp³-hybridized carbons (Fsp3) is 0.182. The number of hydrogen-bond donors (Lipinski definition) is 3. The van der Waals surface area contributed by atoms with E-state index in [1.165, 1.54) is 0 Å². The summed E-state index contributed by atoms with van der Waals surface area (Å²) in [5.41, 5.74) is 2.22. The van der Waals surface area contributed by atoms with Crippen molar-refractivity contribution in [2.45, 2.75) is 6.54 Å². The molecule has 1 aromatic heterocycles. The number of aromatic amines is 1. The smallest absolute Gasteiger partial charge is 0.335 e. The molecule has 0 atom stereocenters. The Bertz CT molecular complexity index is 502. The van der Waals surface area contributed by atoms with Gasteiger partial charge in [0.05, 0.1) is 5.56 Å². The lowest BCUT2D eigenvalue weighted by Gasteiger charge is -1.94. The molecular weight excluding hydrogens is 192 g/mol. The molecule has 0 fully saturated rings. The van der Waals surface area contributed by atoms with Crippen LogP contribution in [0.5, 0.6) is 0 Å². The molecule has 0 saturated heterocycles. The van der Waals surface area contributed by atoms with Crippen LogP contribution < -0.4 is 5.32 Å². The highest BCUT2D eigenvalue weighted by Gasteiger charge is 2.05. The highest BCUT2D eigenvalue weighted by molar-refractivity contribution is 5.93. The maximum Gasteiger partial charge on any atom is 0.335 e. The molecule has 15 heavy (non-hydrogen) atoms. The van der Waals surface area contributed by atoms with E-state index in [4.69, 9.17) is 5.11 Å². The van der Waals surface area contributed by atoms with Crippen molar-refractivity contribution >= 4 is 16.9 Å². The van der Waals surface area contributed by atoms with E-state index in [1.807, 2.05) is 19.2 Å². The minimum atomic E-state index is -0.901. The van der Waals surface area contributed by atoms with Crippen molar-refractivity contribution in [3.8, 4) is 0 Å². The zero-order valence-corrected chi connectivity index (χ0v) is 8.37. The Kier molecular flexibility index (Phi) is 2.43. The van der Waals surface area contributed by atoms with Crippen molar-refractivity contribution in [1.29, 1.82) is 0 Å². The summed E-state index contributed by atoms with van der Waals surface area (Å²) in [6, 6.07) is 7.09. The summed E-state index contributed by atoms with van der Waals surface area (Å²) < 4.78 is 0. The second-order valence-corrected chi connectivity index (χ2v) is 3.43. The molecule has 2 rings (SSSR count). The number of rotatable bonds is 3. The predicted octanol–water partition coefficient (Wildman–Crippen LogP) is 1.59. The van der Waals surface area contributed by atoms with Gasteiger partial charge in [-0.1, -0.05) is 6.07 Å². The van der Waals surface area contributed by atoms with Crippen LogP contribution in [0.4, 0.5) is 0 Å². The van der Waals surface area contributed by atoms with Gasteiger partial charge in [-0.3, -0.25) is 0 Å².